The van der Waals surface area contributed by atoms with Crippen molar-refractivity contribution in [2.45, 2.75) is 12.0 Å². The molecular weight excluding hydrogens is 546 g/mol. The average molecular weight is 576 g/mol. The first kappa shape index (κ1) is 24.6. The van der Waals surface area contributed by atoms with Gasteiger partial charge in [-0.1, -0.05) is 97.1 Å². The quantitative estimate of drug-likeness (QED) is 0.204. The fourth-order valence-corrected chi connectivity index (χ4v) is 7.92. The van der Waals surface area contributed by atoms with Crippen LogP contribution < -0.4 is 4.90 Å². The van der Waals surface area contributed by atoms with Gasteiger partial charge >= 0.3 is 0 Å². The Morgan fingerprint density at radius 1 is 0.400 bits per heavy atom. The van der Waals surface area contributed by atoms with E-state index in [0.29, 0.717) is 5.92 Å². The molecule has 0 spiro atoms. The van der Waals surface area contributed by atoms with Crippen LogP contribution in [0.1, 0.15) is 11.5 Å². The van der Waals surface area contributed by atoms with Crippen LogP contribution >= 0.6 is 0 Å². The molecule has 0 saturated carbocycles. The van der Waals surface area contributed by atoms with Gasteiger partial charge in [0.05, 0.1) is 28.1 Å². The third kappa shape index (κ3) is 3.46. The summed E-state index contributed by atoms with van der Waals surface area (Å²) in [7, 11) is 0. The maximum Gasteiger partial charge on any atom is 0.0629 e. The molecule has 3 heterocycles. The Bertz CT molecular complexity index is 2500. The molecule has 0 radical (unpaired) electrons. The molecule has 2 aromatic heterocycles. The molecule has 2 atom stereocenters. The SMILES string of the molecule is C1=CC2c3cc4c5ccccc5n(-c5ccc6c(c5)c5ccccc5n6-c5ccccc5)c4cc3N(c3ccccc3)C2C=C1. The molecular formula is C42H29N3. The van der Waals surface area contributed by atoms with E-state index in [2.05, 4.69) is 178 Å². The average Bonchev–Trinajstić information content (AvgIpc) is 3.73. The highest BCUT2D eigenvalue weighted by atomic mass is 15.2. The van der Waals surface area contributed by atoms with E-state index in [9.17, 15) is 0 Å². The molecule has 10 rings (SSSR count). The number of allylic oxidation sites excluding steroid dienone is 2. The number of benzene rings is 6. The molecule has 3 nitrogen and oxygen atoms in total. The topological polar surface area (TPSA) is 13.1 Å². The maximum atomic E-state index is 2.53. The number of para-hydroxylation sites is 4. The van der Waals surface area contributed by atoms with Crippen molar-refractivity contribution < 1.29 is 0 Å². The third-order valence-electron chi connectivity index (χ3n) is 9.81. The minimum absolute atomic E-state index is 0.263. The Morgan fingerprint density at radius 3 is 1.71 bits per heavy atom. The second-order valence-corrected chi connectivity index (χ2v) is 12.2. The Balaban J connectivity index is 1.26. The summed E-state index contributed by atoms with van der Waals surface area (Å²) in [5.41, 5.74) is 11.1. The van der Waals surface area contributed by atoms with E-state index in [1.165, 1.54) is 71.9 Å². The summed E-state index contributed by atoms with van der Waals surface area (Å²) in [6, 6.07) is 51.3. The van der Waals surface area contributed by atoms with Crippen LogP contribution in [0.25, 0.3) is 55.0 Å². The fourth-order valence-electron chi connectivity index (χ4n) is 7.92. The van der Waals surface area contributed by atoms with Crippen molar-refractivity contribution in [3.63, 3.8) is 0 Å². The van der Waals surface area contributed by atoms with Gasteiger partial charge in [-0.3, -0.25) is 0 Å². The smallest absolute Gasteiger partial charge is 0.0629 e. The maximum absolute atomic E-state index is 2.53. The Morgan fingerprint density at radius 2 is 0.978 bits per heavy atom. The van der Waals surface area contributed by atoms with Crippen molar-refractivity contribution in [1.29, 1.82) is 0 Å². The predicted molar refractivity (Wildman–Crippen MR) is 189 cm³/mol. The van der Waals surface area contributed by atoms with Crippen molar-refractivity contribution in [3.05, 3.63) is 169 Å². The van der Waals surface area contributed by atoms with Gasteiger partial charge in [-0.15, -0.1) is 0 Å². The van der Waals surface area contributed by atoms with Crippen LogP contribution in [0.4, 0.5) is 11.4 Å². The summed E-state index contributed by atoms with van der Waals surface area (Å²) in [6.07, 6.45) is 9.12. The molecule has 8 aromatic rings. The molecule has 0 amide bonds. The van der Waals surface area contributed by atoms with Crippen LogP contribution in [0, 0.1) is 0 Å². The molecule has 1 aliphatic carbocycles. The minimum Gasteiger partial charge on any atom is -0.333 e. The first-order valence-corrected chi connectivity index (χ1v) is 15.7. The molecule has 0 saturated heterocycles. The molecule has 212 valence electrons. The predicted octanol–water partition coefficient (Wildman–Crippen LogP) is 10.6. The first-order chi connectivity index (χ1) is 22.3. The number of hydrogen-bond donors (Lipinski definition) is 0. The van der Waals surface area contributed by atoms with Gasteiger partial charge in [0.25, 0.3) is 0 Å². The zero-order valence-electron chi connectivity index (χ0n) is 24.6. The number of rotatable bonds is 3. The molecule has 6 aromatic carbocycles. The van der Waals surface area contributed by atoms with Crippen LogP contribution in [0.2, 0.25) is 0 Å². The number of anilines is 2. The highest BCUT2D eigenvalue weighted by molar-refractivity contribution is 6.13. The zero-order valence-corrected chi connectivity index (χ0v) is 24.6. The van der Waals surface area contributed by atoms with Gasteiger partial charge in [0, 0.05) is 50.2 Å². The van der Waals surface area contributed by atoms with E-state index in [4.69, 9.17) is 0 Å². The van der Waals surface area contributed by atoms with Crippen LogP contribution in [0.3, 0.4) is 0 Å². The van der Waals surface area contributed by atoms with Gasteiger partial charge in [0.1, 0.15) is 0 Å². The van der Waals surface area contributed by atoms with Gasteiger partial charge < -0.3 is 14.0 Å². The lowest BCUT2D eigenvalue weighted by Gasteiger charge is -2.28. The second kappa shape index (κ2) is 9.35. The lowest BCUT2D eigenvalue weighted by atomic mass is 9.90. The van der Waals surface area contributed by atoms with Crippen molar-refractivity contribution in [2.24, 2.45) is 0 Å². The largest absolute Gasteiger partial charge is 0.333 e. The summed E-state index contributed by atoms with van der Waals surface area (Å²) in [5, 5.41) is 5.10. The van der Waals surface area contributed by atoms with Gasteiger partial charge in [0.15, 0.2) is 0 Å². The summed E-state index contributed by atoms with van der Waals surface area (Å²) >= 11 is 0. The molecule has 0 bridgehead atoms. The molecule has 45 heavy (non-hydrogen) atoms. The zero-order chi connectivity index (χ0) is 29.5. The van der Waals surface area contributed by atoms with Gasteiger partial charge in [0.2, 0.25) is 0 Å². The summed E-state index contributed by atoms with van der Waals surface area (Å²) in [6.45, 7) is 0. The van der Waals surface area contributed by atoms with Crippen LogP contribution in [0.15, 0.2) is 164 Å². The first-order valence-electron chi connectivity index (χ1n) is 15.7. The van der Waals surface area contributed by atoms with Crippen molar-refractivity contribution in [2.75, 3.05) is 4.90 Å². The van der Waals surface area contributed by atoms with Gasteiger partial charge in [-0.25, -0.2) is 0 Å². The molecule has 3 heteroatoms. The number of fused-ring (bicyclic) bond motifs is 9. The van der Waals surface area contributed by atoms with Gasteiger partial charge in [-0.05, 0) is 72.3 Å². The lowest BCUT2D eigenvalue weighted by Crippen LogP contribution is -2.28. The standard InChI is InChI=1S/C42H29N3/c1-3-13-28(14-4-1)43-37-20-10-7-17-31(37)34-25-30(23-24-40(34)43)45-39-22-12-9-19-33(39)36-26-35-32-18-8-11-21-38(32)44(41(35)27-42(36)45)29-15-5-2-6-16-29/h1-27,32,38H. The molecule has 0 N–H and O–H groups in total. The summed E-state index contributed by atoms with van der Waals surface area (Å²) in [5.74, 6) is 0.317. The number of aromatic nitrogens is 2. The highest BCUT2D eigenvalue weighted by Crippen LogP contribution is 2.50. The van der Waals surface area contributed by atoms with Crippen LogP contribution in [0.5, 0.6) is 0 Å². The highest BCUT2D eigenvalue weighted by Gasteiger charge is 2.38. The second-order valence-electron chi connectivity index (χ2n) is 12.2. The third-order valence-corrected chi connectivity index (χ3v) is 9.81. The number of nitrogens with zero attached hydrogens (tertiary/aromatic N) is 3. The molecule has 2 unspecified atom stereocenters. The Kier molecular flexibility index (Phi) is 5.11. The molecule has 1 aliphatic heterocycles. The van der Waals surface area contributed by atoms with E-state index in [1.54, 1.807) is 0 Å². The van der Waals surface area contributed by atoms with Crippen molar-refractivity contribution in [1.82, 2.24) is 9.13 Å². The van der Waals surface area contributed by atoms with Crippen LogP contribution in [-0.2, 0) is 0 Å². The molecule has 2 aliphatic rings. The van der Waals surface area contributed by atoms with Crippen molar-refractivity contribution in [3.8, 4) is 11.4 Å². The van der Waals surface area contributed by atoms with E-state index in [0.717, 1.165) is 0 Å². The monoisotopic (exact) mass is 575 g/mol. The fraction of sp³-hybridized carbons (Fsp3) is 0.0476. The van der Waals surface area contributed by atoms with E-state index in [-0.39, 0.29) is 6.04 Å². The minimum atomic E-state index is 0.263. The normalized spacial score (nSPS) is 17.1. The van der Waals surface area contributed by atoms with E-state index < -0.39 is 0 Å². The van der Waals surface area contributed by atoms with E-state index in [1.807, 2.05) is 0 Å². The molecule has 0 fully saturated rings. The Labute approximate surface area is 261 Å². The van der Waals surface area contributed by atoms with Gasteiger partial charge in [-0.2, -0.15) is 0 Å². The summed E-state index contributed by atoms with van der Waals surface area (Å²) < 4.78 is 4.85. The van der Waals surface area contributed by atoms with Crippen molar-refractivity contribution >= 4 is 55.0 Å². The van der Waals surface area contributed by atoms with E-state index >= 15 is 0 Å². The lowest BCUT2D eigenvalue weighted by molar-refractivity contribution is 0.745. The Hall–Kier alpha value is -5.80. The van der Waals surface area contributed by atoms with Crippen LogP contribution in [-0.4, -0.2) is 15.2 Å². The summed E-state index contributed by atoms with van der Waals surface area (Å²) in [4.78, 5) is 2.53. The number of hydrogen-bond acceptors (Lipinski definition) is 1.